The third-order valence-electron chi connectivity index (χ3n) is 3.15. The highest BCUT2D eigenvalue weighted by molar-refractivity contribution is 6.12. The molecule has 0 bridgehead atoms. The molecular formula is C13H13ClN4O. The second-order valence-corrected chi connectivity index (χ2v) is 4.17. The van der Waals surface area contributed by atoms with Crippen LogP contribution in [-0.2, 0) is 0 Å². The van der Waals surface area contributed by atoms with E-state index in [1.54, 1.807) is 18.1 Å². The average Bonchev–Trinajstić information content (AvgIpc) is 2.51. The first-order valence-electron chi connectivity index (χ1n) is 5.61. The van der Waals surface area contributed by atoms with Crippen molar-refractivity contribution in [1.29, 1.82) is 0 Å². The molecule has 3 rings (SSSR count). The van der Waals surface area contributed by atoms with Gasteiger partial charge in [0.15, 0.2) is 5.82 Å². The fraction of sp³-hybridized carbons (Fsp3) is 0.154. The van der Waals surface area contributed by atoms with E-state index >= 15 is 0 Å². The van der Waals surface area contributed by atoms with Gasteiger partial charge >= 0.3 is 0 Å². The van der Waals surface area contributed by atoms with Crippen molar-refractivity contribution >= 4 is 35.5 Å². The summed E-state index contributed by atoms with van der Waals surface area (Å²) in [7, 11) is 3.64. The van der Waals surface area contributed by atoms with Crippen LogP contribution in [0.1, 0.15) is 10.4 Å². The summed E-state index contributed by atoms with van der Waals surface area (Å²) in [6.07, 6.45) is 3.14. The molecule has 1 aromatic heterocycles. The van der Waals surface area contributed by atoms with Gasteiger partial charge in [-0.25, -0.2) is 9.97 Å². The van der Waals surface area contributed by atoms with Gasteiger partial charge in [0.1, 0.15) is 12.0 Å². The Balaban J connectivity index is 0.00000133. The van der Waals surface area contributed by atoms with E-state index in [9.17, 15) is 4.79 Å². The number of benzene rings is 1. The number of fused-ring (bicyclic) bond motifs is 2. The first kappa shape index (κ1) is 13.3. The number of amides is 1. The fourth-order valence-electron chi connectivity index (χ4n) is 2.16. The molecule has 1 aromatic carbocycles. The summed E-state index contributed by atoms with van der Waals surface area (Å²) in [6, 6.07) is 7.51. The normalized spacial score (nSPS) is 13.3. The quantitative estimate of drug-likeness (QED) is 0.741. The Labute approximate surface area is 117 Å². The van der Waals surface area contributed by atoms with E-state index < -0.39 is 0 Å². The van der Waals surface area contributed by atoms with Crippen molar-refractivity contribution in [2.75, 3.05) is 23.9 Å². The van der Waals surface area contributed by atoms with Crippen molar-refractivity contribution in [2.24, 2.45) is 0 Å². The van der Waals surface area contributed by atoms with E-state index in [1.807, 2.05) is 36.2 Å². The van der Waals surface area contributed by atoms with Crippen LogP contribution in [0, 0.1) is 0 Å². The molecule has 5 nitrogen and oxygen atoms in total. The van der Waals surface area contributed by atoms with Gasteiger partial charge in [0.2, 0.25) is 0 Å². The van der Waals surface area contributed by atoms with Crippen LogP contribution in [0.25, 0.3) is 0 Å². The van der Waals surface area contributed by atoms with E-state index in [4.69, 9.17) is 0 Å². The van der Waals surface area contributed by atoms with E-state index in [0.717, 1.165) is 11.5 Å². The highest BCUT2D eigenvalue weighted by Gasteiger charge is 2.27. The Kier molecular flexibility index (Phi) is 3.40. The largest absolute Gasteiger partial charge is 0.327 e. The van der Waals surface area contributed by atoms with Crippen molar-refractivity contribution in [3.63, 3.8) is 0 Å². The third kappa shape index (κ3) is 1.92. The maximum atomic E-state index is 12.4. The first-order valence-corrected chi connectivity index (χ1v) is 5.61. The molecule has 0 saturated carbocycles. The number of halogens is 1. The van der Waals surface area contributed by atoms with E-state index in [2.05, 4.69) is 9.97 Å². The average molecular weight is 277 g/mol. The van der Waals surface area contributed by atoms with Gasteiger partial charge in [-0.15, -0.1) is 12.4 Å². The highest BCUT2D eigenvalue weighted by atomic mass is 35.5. The van der Waals surface area contributed by atoms with Gasteiger partial charge in [-0.3, -0.25) is 4.79 Å². The van der Waals surface area contributed by atoms with Gasteiger partial charge in [-0.05, 0) is 12.1 Å². The minimum absolute atomic E-state index is 0. The Morgan fingerprint density at radius 1 is 1.05 bits per heavy atom. The monoisotopic (exact) mass is 276 g/mol. The smallest absolute Gasteiger partial charge is 0.260 e. The van der Waals surface area contributed by atoms with Crippen LogP contribution >= 0.6 is 12.4 Å². The lowest BCUT2D eigenvalue weighted by Gasteiger charge is -2.19. The standard InChI is InChI=1S/C13H12N4O.ClH/c1-16-10-6-4-3-5-9(10)13(18)17(2)11-7-14-8-15-12(11)16;/h3-8H,1-2H3;1H. The van der Waals surface area contributed by atoms with Crippen LogP contribution < -0.4 is 9.80 Å². The second-order valence-electron chi connectivity index (χ2n) is 4.17. The zero-order valence-electron chi connectivity index (χ0n) is 10.6. The van der Waals surface area contributed by atoms with Crippen molar-refractivity contribution in [3.05, 3.63) is 42.4 Å². The molecule has 1 aliphatic heterocycles. The van der Waals surface area contributed by atoms with Gasteiger partial charge in [0.05, 0.1) is 17.4 Å². The third-order valence-corrected chi connectivity index (χ3v) is 3.15. The molecule has 98 valence electrons. The zero-order valence-corrected chi connectivity index (χ0v) is 11.4. The minimum atomic E-state index is -0.0500. The topological polar surface area (TPSA) is 49.3 Å². The zero-order chi connectivity index (χ0) is 12.7. The molecule has 0 spiro atoms. The molecule has 0 fully saturated rings. The van der Waals surface area contributed by atoms with Crippen LogP contribution in [0.3, 0.4) is 0 Å². The lowest BCUT2D eigenvalue weighted by molar-refractivity contribution is 0.0994. The van der Waals surface area contributed by atoms with Crippen molar-refractivity contribution in [1.82, 2.24) is 9.97 Å². The number of hydrogen-bond acceptors (Lipinski definition) is 4. The SMILES string of the molecule is CN1C(=O)c2ccccc2N(C)c2ncncc21.Cl. The number of hydrogen-bond donors (Lipinski definition) is 0. The van der Waals surface area contributed by atoms with E-state index in [-0.39, 0.29) is 18.3 Å². The summed E-state index contributed by atoms with van der Waals surface area (Å²) in [5.74, 6) is 0.678. The van der Waals surface area contributed by atoms with Gasteiger partial charge in [0, 0.05) is 14.1 Å². The Morgan fingerprint density at radius 3 is 2.58 bits per heavy atom. The molecule has 0 saturated heterocycles. The molecule has 1 aliphatic rings. The molecular weight excluding hydrogens is 264 g/mol. The lowest BCUT2D eigenvalue weighted by atomic mass is 10.1. The number of carbonyl (C=O) groups excluding carboxylic acids is 1. The maximum Gasteiger partial charge on any atom is 0.260 e. The molecule has 1 amide bonds. The van der Waals surface area contributed by atoms with Crippen LogP contribution in [0.4, 0.5) is 17.2 Å². The first-order chi connectivity index (χ1) is 8.70. The Hall–Kier alpha value is -2.14. The molecule has 0 unspecified atom stereocenters. The second kappa shape index (κ2) is 4.85. The van der Waals surface area contributed by atoms with Crippen LogP contribution in [0.15, 0.2) is 36.8 Å². The van der Waals surface area contributed by atoms with Crippen LogP contribution in [-0.4, -0.2) is 30.0 Å². The number of aromatic nitrogens is 2. The minimum Gasteiger partial charge on any atom is -0.327 e. The molecule has 2 heterocycles. The number of carbonyl (C=O) groups is 1. The fourth-order valence-corrected chi connectivity index (χ4v) is 2.16. The summed E-state index contributed by atoms with van der Waals surface area (Å²) in [5.41, 5.74) is 2.23. The summed E-state index contributed by atoms with van der Waals surface area (Å²) in [4.78, 5) is 24.1. The summed E-state index contributed by atoms with van der Waals surface area (Å²) < 4.78 is 0. The summed E-state index contributed by atoms with van der Waals surface area (Å²) in [5, 5.41) is 0. The van der Waals surface area contributed by atoms with Gasteiger partial charge in [-0.2, -0.15) is 0 Å². The molecule has 6 heteroatoms. The number of para-hydroxylation sites is 1. The predicted molar refractivity (Wildman–Crippen MR) is 76.5 cm³/mol. The van der Waals surface area contributed by atoms with Gasteiger partial charge in [-0.1, -0.05) is 12.1 Å². The molecule has 19 heavy (non-hydrogen) atoms. The van der Waals surface area contributed by atoms with Gasteiger partial charge < -0.3 is 9.80 Å². The summed E-state index contributed by atoms with van der Waals surface area (Å²) in [6.45, 7) is 0. The van der Waals surface area contributed by atoms with Crippen molar-refractivity contribution in [2.45, 2.75) is 0 Å². The number of nitrogens with zero attached hydrogens (tertiary/aromatic N) is 4. The van der Waals surface area contributed by atoms with Crippen LogP contribution in [0.5, 0.6) is 0 Å². The van der Waals surface area contributed by atoms with Crippen LogP contribution in [0.2, 0.25) is 0 Å². The molecule has 0 atom stereocenters. The van der Waals surface area contributed by atoms with Gasteiger partial charge in [0.25, 0.3) is 5.91 Å². The Bertz CT molecular complexity index is 632. The van der Waals surface area contributed by atoms with Crippen molar-refractivity contribution in [3.8, 4) is 0 Å². The molecule has 2 aromatic rings. The lowest BCUT2D eigenvalue weighted by Crippen LogP contribution is -2.25. The summed E-state index contributed by atoms with van der Waals surface area (Å²) >= 11 is 0. The molecule has 0 N–H and O–H groups in total. The Morgan fingerprint density at radius 2 is 1.79 bits per heavy atom. The highest BCUT2D eigenvalue weighted by Crippen LogP contribution is 2.36. The van der Waals surface area contributed by atoms with E-state index in [1.165, 1.54) is 6.33 Å². The molecule has 0 radical (unpaired) electrons. The molecule has 0 aliphatic carbocycles. The maximum absolute atomic E-state index is 12.4. The number of rotatable bonds is 0. The predicted octanol–water partition coefficient (Wildman–Crippen LogP) is 2.26. The van der Waals surface area contributed by atoms with Crippen molar-refractivity contribution < 1.29 is 4.79 Å². The van der Waals surface area contributed by atoms with E-state index in [0.29, 0.717) is 11.3 Å². The number of anilines is 3.